The van der Waals surface area contributed by atoms with Crippen molar-refractivity contribution in [3.63, 3.8) is 0 Å². The predicted octanol–water partition coefficient (Wildman–Crippen LogP) is 3.09. The molecule has 0 spiro atoms. The molecule has 0 bridgehead atoms. The van der Waals surface area contributed by atoms with E-state index in [2.05, 4.69) is 38.2 Å². The zero-order valence-corrected chi connectivity index (χ0v) is 9.18. The first-order valence-electron chi connectivity index (χ1n) is 4.37. The van der Waals surface area contributed by atoms with E-state index in [4.69, 9.17) is 0 Å². The summed E-state index contributed by atoms with van der Waals surface area (Å²) in [5.74, 6) is 4.60. The molecule has 1 fully saturated rings. The fraction of sp³-hybridized carbons (Fsp3) is 1.00. The summed E-state index contributed by atoms with van der Waals surface area (Å²) in [5, 5.41) is 0. The zero-order chi connectivity index (χ0) is 8.32. The molecular weight excluding hydrogens is 172 g/mol. The highest BCUT2D eigenvalue weighted by Crippen LogP contribution is 2.48. The third-order valence-electron chi connectivity index (χ3n) is 2.15. The Kier molecular flexibility index (Phi) is 3.63. The van der Waals surface area contributed by atoms with Crippen LogP contribution in [0.25, 0.3) is 0 Å². The molecule has 1 rings (SSSR count). The normalized spacial score (nSPS) is 20.7. The van der Waals surface area contributed by atoms with E-state index in [9.17, 15) is 0 Å². The average Bonchev–Trinajstić information content (AvgIpc) is 2.69. The van der Waals surface area contributed by atoms with E-state index >= 15 is 0 Å². The smallest absolute Gasteiger partial charge is 0.000289 e. The van der Waals surface area contributed by atoms with Gasteiger partial charge in [-0.25, -0.2) is 0 Å². The fourth-order valence-corrected chi connectivity index (χ4v) is 3.03. The second-order valence-electron chi connectivity index (χ2n) is 4.07. The van der Waals surface area contributed by atoms with Crippen LogP contribution in [0.4, 0.5) is 0 Å². The summed E-state index contributed by atoms with van der Waals surface area (Å²) < 4.78 is 0. The van der Waals surface area contributed by atoms with Crippen molar-refractivity contribution in [1.82, 2.24) is 0 Å². The molecule has 11 heavy (non-hydrogen) atoms. The van der Waals surface area contributed by atoms with E-state index in [0.29, 0.717) is 5.41 Å². The van der Waals surface area contributed by atoms with Gasteiger partial charge in [-0.3, -0.25) is 0 Å². The van der Waals surface area contributed by atoms with Crippen LogP contribution < -0.4 is 0 Å². The summed E-state index contributed by atoms with van der Waals surface area (Å²) in [6, 6.07) is 0. The molecule has 0 atom stereocenters. The summed E-state index contributed by atoms with van der Waals surface area (Å²) in [6.07, 6.45) is 2.84. The molecule has 0 aromatic carbocycles. The number of thioether (sulfide) groups is 1. The predicted molar refractivity (Wildman–Crippen MR) is 57.7 cm³/mol. The van der Waals surface area contributed by atoms with Crippen LogP contribution in [0.5, 0.6) is 0 Å². The first-order chi connectivity index (χ1) is 5.18. The molecule has 66 valence electrons. The molecule has 1 aliphatic rings. The van der Waals surface area contributed by atoms with E-state index in [0.717, 1.165) is 11.7 Å². The third-order valence-corrected chi connectivity index (χ3v) is 4.54. The largest absolute Gasteiger partial charge is 0.179 e. The molecule has 0 heterocycles. The van der Waals surface area contributed by atoms with Crippen LogP contribution >= 0.6 is 24.4 Å². The average molecular weight is 190 g/mol. The molecule has 0 N–H and O–H groups in total. The first kappa shape index (κ1) is 9.79. The van der Waals surface area contributed by atoms with E-state index < -0.39 is 0 Å². The van der Waals surface area contributed by atoms with Gasteiger partial charge >= 0.3 is 0 Å². The molecule has 1 aliphatic carbocycles. The second-order valence-corrected chi connectivity index (χ2v) is 5.41. The summed E-state index contributed by atoms with van der Waals surface area (Å²) in [5.41, 5.74) is 0.655. The van der Waals surface area contributed by atoms with Crippen LogP contribution in [0, 0.1) is 11.3 Å². The molecule has 2 heteroatoms. The Morgan fingerprint density at radius 2 is 2.09 bits per heavy atom. The highest BCUT2D eigenvalue weighted by Gasteiger charge is 2.40. The summed E-state index contributed by atoms with van der Waals surface area (Å²) in [7, 11) is 0. The Labute approximate surface area is 79.9 Å². The highest BCUT2D eigenvalue weighted by molar-refractivity contribution is 7.99. The van der Waals surface area contributed by atoms with Crippen molar-refractivity contribution in [2.24, 2.45) is 11.3 Å². The summed E-state index contributed by atoms with van der Waals surface area (Å²) in [4.78, 5) is 0. The third kappa shape index (κ3) is 3.29. The van der Waals surface area contributed by atoms with Crippen molar-refractivity contribution in [2.45, 2.75) is 26.7 Å². The minimum Gasteiger partial charge on any atom is -0.179 e. The lowest BCUT2D eigenvalue weighted by Crippen LogP contribution is -2.07. The van der Waals surface area contributed by atoms with Gasteiger partial charge in [-0.05, 0) is 41.4 Å². The van der Waals surface area contributed by atoms with Crippen LogP contribution in [0.2, 0.25) is 0 Å². The molecular formula is C9H18S2. The zero-order valence-electron chi connectivity index (χ0n) is 7.47. The van der Waals surface area contributed by atoms with Gasteiger partial charge in [-0.1, -0.05) is 13.8 Å². The monoisotopic (exact) mass is 190 g/mol. The van der Waals surface area contributed by atoms with Gasteiger partial charge in [-0.15, -0.1) is 0 Å². The van der Waals surface area contributed by atoms with E-state index in [1.807, 2.05) is 0 Å². The van der Waals surface area contributed by atoms with Crippen molar-refractivity contribution in [1.29, 1.82) is 0 Å². The van der Waals surface area contributed by atoms with Crippen molar-refractivity contribution in [3.05, 3.63) is 0 Å². The lowest BCUT2D eigenvalue weighted by Gasteiger charge is -2.11. The molecule has 0 radical (unpaired) electrons. The second kappa shape index (κ2) is 4.08. The van der Waals surface area contributed by atoms with Crippen molar-refractivity contribution < 1.29 is 0 Å². The van der Waals surface area contributed by atoms with Crippen LogP contribution in [-0.4, -0.2) is 17.3 Å². The maximum absolute atomic E-state index is 4.37. The van der Waals surface area contributed by atoms with Crippen LogP contribution in [0.1, 0.15) is 26.7 Å². The molecule has 1 saturated carbocycles. The quantitative estimate of drug-likeness (QED) is 0.650. The van der Waals surface area contributed by atoms with Gasteiger partial charge in [0.25, 0.3) is 0 Å². The van der Waals surface area contributed by atoms with Gasteiger partial charge in [0.2, 0.25) is 0 Å². The molecule has 0 aliphatic heterocycles. The number of hydrogen-bond acceptors (Lipinski definition) is 2. The molecule has 0 unspecified atom stereocenters. The van der Waals surface area contributed by atoms with Crippen LogP contribution in [0.3, 0.4) is 0 Å². The van der Waals surface area contributed by atoms with Crippen molar-refractivity contribution in [3.8, 4) is 0 Å². The number of rotatable bonds is 5. The Bertz CT molecular complexity index is 117. The van der Waals surface area contributed by atoms with Gasteiger partial charge in [0.05, 0.1) is 0 Å². The molecule has 0 amide bonds. The van der Waals surface area contributed by atoms with Gasteiger partial charge in [0, 0.05) is 0 Å². The highest BCUT2D eigenvalue weighted by atomic mass is 32.2. The van der Waals surface area contributed by atoms with Gasteiger partial charge in [-0.2, -0.15) is 24.4 Å². The summed E-state index contributed by atoms with van der Waals surface area (Å²) >= 11 is 6.48. The minimum atomic E-state index is 0.655. The molecule has 0 aromatic rings. The van der Waals surface area contributed by atoms with Gasteiger partial charge in [0.1, 0.15) is 0 Å². The molecule has 0 aromatic heterocycles. The van der Waals surface area contributed by atoms with Crippen molar-refractivity contribution >= 4 is 24.4 Å². The number of thiol groups is 1. The maximum Gasteiger partial charge on any atom is -0.000289 e. The Balaban J connectivity index is 2.03. The Morgan fingerprint density at radius 1 is 1.45 bits per heavy atom. The number of hydrogen-bond donors (Lipinski definition) is 1. The summed E-state index contributed by atoms with van der Waals surface area (Å²) in [6.45, 7) is 4.57. The SMILES string of the molecule is CC(C)CSCC1(CS)CC1. The topological polar surface area (TPSA) is 0 Å². The lowest BCUT2D eigenvalue weighted by molar-refractivity contribution is 0.678. The first-order valence-corrected chi connectivity index (χ1v) is 6.16. The maximum atomic E-state index is 4.37. The fourth-order valence-electron chi connectivity index (χ4n) is 1.04. The van der Waals surface area contributed by atoms with E-state index in [-0.39, 0.29) is 0 Å². The van der Waals surface area contributed by atoms with Crippen molar-refractivity contribution in [2.75, 3.05) is 17.3 Å². The van der Waals surface area contributed by atoms with E-state index in [1.165, 1.54) is 24.3 Å². The Morgan fingerprint density at radius 3 is 2.45 bits per heavy atom. The Hall–Kier alpha value is 0.700. The molecule has 0 saturated heterocycles. The molecule has 0 nitrogen and oxygen atoms in total. The van der Waals surface area contributed by atoms with Gasteiger partial charge < -0.3 is 0 Å². The lowest BCUT2D eigenvalue weighted by atomic mass is 10.2. The van der Waals surface area contributed by atoms with E-state index in [1.54, 1.807) is 0 Å². The standard InChI is InChI=1S/C9H18S2/c1-8(2)5-11-7-9(6-10)3-4-9/h8,10H,3-7H2,1-2H3. The van der Waals surface area contributed by atoms with Crippen LogP contribution in [0.15, 0.2) is 0 Å². The van der Waals surface area contributed by atoms with Crippen LogP contribution in [-0.2, 0) is 0 Å². The minimum absolute atomic E-state index is 0.655. The van der Waals surface area contributed by atoms with Gasteiger partial charge in [0.15, 0.2) is 0 Å².